The molecule has 2 unspecified atom stereocenters. The number of thioether (sulfide) groups is 1. The van der Waals surface area contributed by atoms with Gasteiger partial charge in [0.15, 0.2) is 4.93 Å². The minimum Gasteiger partial charge on any atom is -0.475 e. The number of hydrogen-bond acceptors (Lipinski definition) is 4. The second kappa shape index (κ2) is 14.3. The number of fused-ring (bicyclic) bond motifs is 1. The number of halogens is 1. The van der Waals surface area contributed by atoms with E-state index in [-0.39, 0.29) is 24.1 Å². The van der Waals surface area contributed by atoms with Crippen LogP contribution in [0.15, 0.2) is 41.3 Å². The van der Waals surface area contributed by atoms with Crippen LogP contribution in [0, 0.1) is 0 Å². The number of unbranched alkanes of at least 4 members (excludes halogenated alkanes) is 2. The molecule has 206 valence electrons. The molecule has 1 fully saturated rings. The van der Waals surface area contributed by atoms with Crippen LogP contribution in [0.2, 0.25) is 0 Å². The van der Waals surface area contributed by atoms with E-state index in [2.05, 4.69) is 69.0 Å². The maximum Gasteiger partial charge on any atom is 0.159 e. The number of likely N-dealkylation sites (tertiary alicyclic amines) is 1. The van der Waals surface area contributed by atoms with Crippen LogP contribution in [0.5, 0.6) is 5.75 Å². The van der Waals surface area contributed by atoms with Crippen LogP contribution < -0.4 is 4.74 Å². The van der Waals surface area contributed by atoms with Gasteiger partial charge in [0.25, 0.3) is 0 Å². The SMILES string of the molecule is CCCCC1(CCCC)Oc2ccc(C3CCC(CCc4ccc(CC)c(CC)c4)N3CO)cc2S1.Cl. The summed E-state index contributed by atoms with van der Waals surface area (Å²) >= 11 is 1.96. The molecule has 1 N–H and O–H groups in total. The Labute approximate surface area is 236 Å². The Morgan fingerprint density at radius 1 is 0.946 bits per heavy atom. The normalized spacial score (nSPS) is 20.5. The van der Waals surface area contributed by atoms with Gasteiger partial charge in [-0.2, -0.15) is 0 Å². The van der Waals surface area contributed by atoms with Gasteiger partial charge in [-0.25, -0.2) is 0 Å². The smallest absolute Gasteiger partial charge is 0.159 e. The van der Waals surface area contributed by atoms with Crippen LogP contribution in [0.4, 0.5) is 0 Å². The van der Waals surface area contributed by atoms with Gasteiger partial charge in [0.2, 0.25) is 0 Å². The molecule has 5 heteroatoms. The first-order valence-corrected chi connectivity index (χ1v) is 15.4. The second-order valence-corrected chi connectivity index (χ2v) is 12.2. The molecule has 2 aromatic carbocycles. The minimum atomic E-state index is -0.0908. The second-order valence-electron chi connectivity index (χ2n) is 10.8. The fraction of sp³-hybridized carbons (Fsp3) is 0.625. The topological polar surface area (TPSA) is 32.7 Å². The van der Waals surface area contributed by atoms with Gasteiger partial charge in [0.05, 0.1) is 11.6 Å². The van der Waals surface area contributed by atoms with Crippen molar-refractivity contribution in [2.75, 3.05) is 6.73 Å². The molecule has 0 aromatic heterocycles. The lowest BCUT2D eigenvalue weighted by Gasteiger charge is -2.28. The molecule has 0 bridgehead atoms. The van der Waals surface area contributed by atoms with Crippen molar-refractivity contribution in [3.05, 3.63) is 58.7 Å². The lowest BCUT2D eigenvalue weighted by molar-refractivity contribution is 0.0595. The molecule has 2 aliphatic heterocycles. The summed E-state index contributed by atoms with van der Waals surface area (Å²) in [7, 11) is 0. The zero-order chi connectivity index (χ0) is 25.5. The zero-order valence-corrected chi connectivity index (χ0v) is 25.1. The molecule has 0 amide bonds. The number of rotatable bonds is 13. The molecular weight excluding hydrogens is 498 g/mol. The Bertz CT molecular complexity index is 989. The van der Waals surface area contributed by atoms with Crippen molar-refractivity contribution < 1.29 is 9.84 Å². The summed E-state index contributed by atoms with van der Waals surface area (Å²) in [6, 6.07) is 14.6. The summed E-state index contributed by atoms with van der Waals surface area (Å²) < 4.78 is 6.61. The van der Waals surface area contributed by atoms with Gasteiger partial charge in [-0.3, -0.25) is 4.90 Å². The Hall–Kier alpha value is -1.20. The van der Waals surface area contributed by atoms with E-state index < -0.39 is 0 Å². The molecule has 3 nitrogen and oxygen atoms in total. The third-order valence-electron chi connectivity index (χ3n) is 8.37. The molecule has 0 saturated carbocycles. The van der Waals surface area contributed by atoms with Crippen molar-refractivity contribution in [3.8, 4) is 5.75 Å². The number of aliphatic hydroxyl groups excluding tert-OH is 1. The lowest BCUT2D eigenvalue weighted by Crippen LogP contribution is -2.32. The first-order valence-electron chi connectivity index (χ1n) is 14.6. The van der Waals surface area contributed by atoms with E-state index in [9.17, 15) is 5.11 Å². The van der Waals surface area contributed by atoms with Gasteiger partial charge in [0, 0.05) is 12.1 Å². The lowest BCUT2D eigenvalue weighted by atomic mass is 9.96. The van der Waals surface area contributed by atoms with E-state index in [0.717, 1.165) is 57.1 Å². The summed E-state index contributed by atoms with van der Waals surface area (Å²) in [5, 5.41) is 10.4. The van der Waals surface area contributed by atoms with E-state index in [0.29, 0.717) is 12.1 Å². The fourth-order valence-corrected chi connectivity index (χ4v) is 7.63. The zero-order valence-electron chi connectivity index (χ0n) is 23.4. The molecule has 4 rings (SSSR count). The summed E-state index contributed by atoms with van der Waals surface area (Å²) in [6.45, 7) is 9.15. The maximum absolute atomic E-state index is 10.4. The number of ether oxygens (including phenoxy) is 1. The fourth-order valence-electron chi connectivity index (χ4n) is 6.20. The van der Waals surface area contributed by atoms with Crippen LogP contribution in [0.1, 0.15) is 114 Å². The van der Waals surface area contributed by atoms with E-state index in [4.69, 9.17) is 4.74 Å². The number of aryl methyl sites for hydroxylation is 3. The average molecular weight is 546 g/mol. The number of nitrogens with zero attached hydrogens (tertiary/aromatic N) is 1. The van der Waals surface area contributed by atoms with Crippen LogP contribution in [0.3, 0.4) is 0 Å². The maximum atomic E-state index is 10.4. The van der Waals surface area contributed by atoms with Crippen LogP contribution in [0.25, 0.3) is 0 Å². The van der Waals surface area contributed by atoms with Crippen LogP contribution in [-0.2, 0) is 19.3 Å². The number of benzene rings is 2. The number of hydrogen-bond donors (Lipinski definition) is 1. The molecule has 2 atom stereocenters. The van der Waals surface area contributed by atoms with Gasteiger partial charge >= 0.3 is 0 Å². The van der Waals surface area contributed by atoms with Gasteiger partial charge in [-0.15, -0.1) is 12.4 Å². The summed E-state index contributed by atoms with van der Waals surface area (Å²) in [5.74, 6) is 1.06. The van der Waals surface area contributed by atoms with Gasteiger partial charge in [-0.05, 0) is 98.6 Å². The first kappa shape index (κ1) is 30.3. The Morgan fingerprint density at radius 3 is 2.32 bits per heavy atom. The number of aliphatic hydroxyl groups is 1. The van der Waals surface area contributed by atoms with Crippen LogP contribution in [-0.4, -0.2) is 27.7 Å². The Balaban J connectivity index is 0.00000380. The van der Waals surface area contributed by atoms with E-state index in [1.807, 2.05) is 11.8 Å². The van der Waals surface area contributed by atoms with Gasteiger partial charge in [-0.1, -0.05) is 76.6 Å². The molecular formula is C32H48ClNO2S. The predicted octanol–water partition coefficient (Wildman–Crippen LogP) is 8.88. The molecule has 0 radical (unpaired) electrons. The molecule has 2 aromatic rings. The molecule has 2 heterocycles. The third-order valence-corrected chi connectivity index (χ3v) is 9.77. The molecule has 2 aliphatic rings. The molecule has 0 aliphatic carbocycles. The highest BCUT2D eigenvalue weighted by molar-refractivity contribution is 8.00. The van der Waals surface area contributed by atoms with Crippen molar-refractivity contribution >= 4 is 24.2 Å². The highest BCUT2D eigenvalue weighted by atomic mass is 35.5. The third kappa shape index (κ3) is 7.06. The van der Waals surface area contributed by atoms with Crippen LogP contribution >= 0.6 is 24.2 Å². The van der Waals surface area contributed by atoms with Crippen molar-refractivity contribution in [2.45, 2.75) is 127 Å². The Kier molecular flexibility index (Phi) is 11.7. The van der Waals surface area contributed by atoms with E-state index in [1.54, 1.807) is 0 Å². The van der Waals surface area contributed by atoms with Crippen molar-refractivity contribution in [1.29, 1.82) is 0 Å². The summed E-state index contributed by atoms with van der Waals surface area (Å²) in [5.41, 5.74) is 5.74. The highest BCUT2D eigenvalue weighted by Gasteiger charge is 2.40. The largest absolute Gasteiger partial charge is 0.475 e. The predicted molar refractivity (Wildman–Crippen MR) is 160 cm³/mol. The molecule has 0 spiro atoms. The molecule has 1 saturated heterocycles. The minimum absolute atomic E-state index is 0. The quantitative estimate of drug-likeness (QED) is 0.272. The standard InChI is InChI=1S/C32H47NO2S.ClH/c1-5-9-19-32(20-10-6-2)35-30-18-14-27(22-31(30)36-32)29-17-16-28(33(29)23-34)15-12-24-11-13-25(7-3)26(8-4)21-24;/h11,13-14,18,21-22,28-29,34H,5-10,12,15-17,19-20,23H2,1-4H3;1H. The van der Waals surface area contributed by atoms with Crippen molar-refractivity contribution in [2.24, 2.45) is 0 Å². The Morgan fingerprint density at radius 2 is 1.68 bits per heavy atom. The van der Waals surface area contributed by atoms with Crippen molar-refractivity contribution in [1.82, 2.24) is 4.90 Å². The van der Waals surface area contributed by atoms with Gasteiger partial charge < -0.3 is 9.84 Å². The van der Waals surface area contributed by atoms with E-state index >= 15 is 0 Å². The monoisotopic (exact) mass is 545 g/mol. The van der Waals surface area contributed by atoms with E-state index in [1.165, 1.54) is 52.8 Å². The summed E-state index contributed by atoms with van der Waals surface area (Å²) in [4.78, 5) is 3.54. The molecule has 37 heavy (non-hydrogen) atoms. The van der Waals surface area contributed by atoms with Crippen molar-refractivity contribution in [3.63, 3.8) is 0 Å². The highest BCUT2D eigenvalue weighted by Crippen LogP contribution is 2.53. The van der Waals surface area contributed by atoms with Gasteiger partial charge in [0.1, 0.15) is 5.75 Å². The average Bonchev–Trinajstić information content (AvgIpc) is 3.49. The summed E-state index contributed by atoms with van der Waals surface area (Å²) in [6.07, 6.45) is 13.7. The first-order chi connectivity index (χ1) is 17.6.